The Bertz CT molecular complexity index is 1330. The van der Waals surface area contributed by atoms with Gasteiger partial charge in [0.15, 0.2) is 0 Å². The van der Waals surface area contributed by atoms with E-state index in [1.54, 1.807) is 37.9 Å². The van der Waals surface area contributed by atoms with Crippen LogP contribution in [0.2, 0.25) is 0 Å². The fourth-order valence-electron chi connectivity index (χ4n) is 3.54. The van der Waals surface area contributed by atoms with Crippen molar-refractivity contribution in [1.82, 2.24) is 34.7 Å². The molecule has 3 heterocycles. The van der Waals surface area contributed by atoms with Gasteiger partial charge in [0.25, 0.3) is 11.6 Å². The predicted octanol–water partition coefficient (Wildman–Crippen LogP) is 3.20. The lowest BCUT2D eigenvalue weighted by molar-refractivity contribution is -0.144. The van der Waals surface area contributed by atoms with Crippen LogP contribution >= 0.6 is 0 Å². The van der Waals surface area contributed by atoms with Crippen LogP contribution in [0.25, 0.3) is 11.5 Å². The number of hydrogen-bond donors (Lipinski definition) is 1. The normalized spacial score (nSPS) is 11.7. The standard InChI is InChI=1S/C22H22F3N7O2/c1-13-18(14(2)32-21(27-13)28-20(30-32)22(23,24)25)8-9-19(33)26-12-15-10-11-31(29-15)16-4-6-17(34-3)7-5-16/h4-7,10-11H,8-9,12H2,1-3H3,(H,26,33). The van der Waals surface area contributed by atoms with Crippen LogP contribution in [-0.4, -0.2) is 42.4 Å². The number of methoxy groups -OCH3 is 1. The van der Waals surface area contributed by atoms with Crippen LogP contribution in [0.15, 0.2) is 36.5 Å². The highest BCUT2D eigenvalue weighted by Gasteiger charge is 2.37. The van der Waals surface area contributed by atoms with Gasteiger partial charge < -0.3 is 10.1 Å². The zero-order valence-electron chi connectivity index (χ0n) is 18.7. The van der Waals surface area contributed by atoms with Gasteiger partial charge in [0.1, 0.15) is 5.75 Å². The molecule has 0 bridgehead atoms. The number of halogens is 3. The molecular formula is C22H22F3N7O2. The molecule has 3 aromatic heterocycles. The number of ether oxygens (including phenoxy) is 1. The topological polar surface area (TPSA) is 99.2 Å². The van der Waals surface area contributed by atoms with Crippen LogP contribution in [0.3, 0.4) is 0 Å². The minimum absolute atomic E-state index is 0.122. The van der Waals surface area contributed by atoms with Crippen molar-refractivity contribution in [1.29, 1.82) is 0 Å². The first kappa shape index (κ1) is 23.2. The van der Waals surface area contributed by atoms with Gasteiger partial charge in [0.05, 0.1) is 25.0 Å². The van der Waals surface area contributed by atoms with Gasteiger partial charge in [-0.2, -0.15) is 23.3 Å². The number of carbonyl (C=O) groups excluding carboxylic acids is 1. The summed E-state index contributed by atoms with van der Waals surface area (Å²) in [5.41, 5.74) is 3.18. The van der Waals surface area contributed by atoms with Gasteiger partial charge in [0.2, 0.25) is 5.91 Å². The second-order valence-electron chi connectivity index (χ2n) is 7.63. The molecular weight excluding hydrogens is 451 g/mol. The maximum absolute atomic E-state index is 12.9. The number of benzene rings is 1. The Morgan fingerprint density at radius 2 is 1.82 bits per heavy atom. The zero-order chi connectivity index (χ0) is 24.5. The molecule has 0 spiro atoms. The molecule has 4 aromatic rings. The van der Waals surface area contributed by atoms with Crippen LogP contribution in [0, 0.1) is 13.8 Å². The maximum atomic E-state index is 12.9. The van der Waals surface area contributed by atoms with Crippen molar-refractivity contribution in [2.24, 2.45) is 0 Å². The van der Waals surface area contributed by atoms with E-state index in [-0.39, 0.29) is 24.7 Å². The van der Waals surface area contributed by atoms with Crippen molar-refractivity contribution in [2.45, 2.75) is 39.4 Å². The molecule has 9 nitrogen and oxygen atoms in total. The first-order valence-corrected chi connectivity index (χ1v) is 10.4. The summed E-state index contributed by atoms with van der Waals surface area (Å²) < 4.78 is 46.7. The average molecular weight is 473 g/mol. The van der Waals surface area contributed by atoms with E-state index in [0.29, 0.717) is 29.1 Å². The van der Waals surface area contributed by atoms with Crippen molar-refractivity contribution in [2.75, 3.05) is 7.11 Å². The maximum Gasteiger partial charge on any atom is 0.453 e. The van der Waals surface area contributed by atoms with Crippen LogP contribution < -0.4 is 10.1 Å². The van der Waals surface area contributed by atoms with Gasteiger partial charge in [-0.25, -0.2) is 14.2 Å². The Balaban J connectivity index is 1.37. The number of rotatable bonds is 7. The second kappa shape index (κ2) is 9.12. The van der Waals surface area contributed by atoms with Gasteiger partial charge in [-0.1, -0.05) is 0 Å². The number of hydrogen-bond acceptors (Lipinski definition) is 6. The summed E-state index contributed by atoms with van der Waals surface area (Å²) in [7, 11) is 1.60. The third kappa shape index (κ3) is 4.85. The number of fused-ring (bicyclic) bond motifs is 1. The largest absolute Gasteiger partial charge is 0.497 e. The van der Waals surface area contributed by atoms with E-state index >= 15 is 0 Å². The number of carbonyl (C=O) groups is 1. The summed E-state index contributed by atoms with van der Waals surface area (Å²) in [6.07, 6.45) is -2.43. The zero-order valence-corrected chi connectivity index (χ0v) is 18.7. The highest BCUT2D eigenvalue weighted by atomic mass is 19.4. The van der Waals surface area contributed by atoms with Crippen LogP contribution in [0.4, 0.5) is 13.2 Å². The molecule has 34 heavy (non-hydrogen) atoms. The third-order valence-electron chi connectivity index (χ3n) is 5.35. The molecule has 0 atom stereocenters. The summed E-state index contributed by atoms with van der Waals surface area (Å²) in [4.78, 5) is 20.0. The first-order valence-electron chi connectivity index (χ1n) is 10.4. The number of nitrogens with one attached hydrogen (secondary N) is 1. The van der Waals surface area contributed by atoms with E-state index in [0.717, 1.165) is 16.0 Å². The van der Waals surface area contributed by atoms with Crippen molar-refractivity contribution < 1.29 is 22.7 Å². The summed E-state index contributed by atoms with van der Waals surface area (Å²) in [6.45, 7) is 3.55. The molecule has 1 aromatic carbocycles. The lowest BCUT2D eigenvalue weighted by atomic mass is 10.1. The highest BCUT2D eigenvalue weighted by molar-refractivity contribution is 5.76. The van der Waals surface area contributed by atoms with E-state index in [9.17, 15) is 18.0 Å². The molecule has 12 heteroatoms. The average Bonchev–Trinajstić information content (AvgIpc) is 3.45. The fourth-order valence-corrected chi connectivity index (χ4v) is 3.54. The fraction of sp³-hybridized carbons (Fsp3) is 0.318. The molecule has 0 radical (unpaired) electrons. The van der Waals surface area contributed by atoms with E-state index in [4.69, 9.17) is 4.74 Å². The molecule has 178 valence electrons. The number of amides is 1. The van der Waals surface area contributed by atoms with Gasteiger partial charge in [-0.05, 0) is 56.2 Å². The minimum atomic E-state index is -4.66. The lowest BCUT2D eigenvalue weighted by Gasteiger charge is -2.10. The van der Waals surface area contributed by atoms with Crippen molar-refractivity contribution in [3.63, 3.8) is 0 Å². The van der Waals surface area contributed by atoms with Gasteiger partial charge in [-0.3, -0.25) is 4.79 Å². The molecule has 0 aliphatic carbocycles. The third-order valence-corrected chi connectivity index (χ3v) is 5.35. The monoisotopic (exact) mass is 473 g/mol. The molecule has 0 fully saturated rings. The summed E-state index contributed by atoms with van der Waals surface area (Å²) in [5, 5.41) is 10.8. The van der Waals surface area contributed by atoms with Crippen LogP contribution in [0.1, 0.15) is 34.9 Å². The van der Waals surface area contributed by atoms with E-state index < -0.39 is 12.0 Å². The summed E-state index contributed by atoms with van der Waals surface area (Å²) in [6, 6.07) is 9.21. The van der Waals surface area contributed by atoms with E-state index in [1.807, 2.05) is 24.3 Å². The molecule has 1 amide bonds. The Morgan fingerprint density at radius 1 is 1.09 bits per heavy atom. The minimum Gasteiger partial charge on any atom is -0.497 e. The Morgan fingerprint density at radius 3 is 2.50 bits per heavy atom. The highest BCUT2D eigenvalue weighted by Crippen LogP contribution is 2.27. The molecule has 4 rings (SSSR count). The molecule has 0 aliphatic heterocycles. The molecule has 0 aliphatic rings. The molecule has 0 unspecified atom stereocenters. The van der Waals surface area contributed by atoms with Crippen LogP contribution in [0.5, 0.6) is 5.75 Å². The number of alkyl halides is 3. The lowest BCUT2D eigenvalue weighted by Crippen LogP contribution is -2.23. The first-order chi connectivity index (χ1) is 16.2. The molecule has 0 saturated carbocycles. The molecule has 0 saturated heterocycles. The Labute approximate surface area is 192 Å². The number of aromatic nitrogens is 6. The quantitative estimate of drug-likeness (QED) is 0.443. The summed E-state index contributed by atoms with van der Waals surface area (Å²) >= 11 is 0. The van der Waals surface area contributed by atoms with E-state index in [1.165, 1.54) is 0 Å². The van der Waals surface area contributed by atoms with Crippen LogP contribution in [-0.2, 0) is 23.9 Å². The Kier molecular flexibility index (Phi) is 6.22. The smallest absolute Gasteiger partial charge is 0.453 e. The van der Waals surface area contributed by atoms with Crippen molar-refractivity contribution >= 4 is 11.7 Å². The van der Waals surface area contributed by atoms with E-state index in [2.05, 4.69) is 25.5 Å². The molecule has 1 N–H and O–H groups in total. The summed E-state index contributed by atoms with van der Waals surface area (Å²) in [5.74, 6) is -0.838. The predicted molar refractivity (Wildman–Crippen MR) is 116 cm³/mol. The van der Waals surface area contributed by atoms with Crippen molar-refractivity contribution in [3.05, 3.63) is 65.0 Å². The van der Waals surface area contributed by atoms with Gasteiger partial charge in [-0.15, -0.1) is 5.10 Å². The van der Waals surface area contributed by atoms with Crippen molar-refractivity contribution in [3.8, 4) is 11.4 Å². The number of nitrogens with zero attached hydrogens (tertiary/aromatic N) is 6. The second-order valence-corrected chi connectivity index (χ2v) is 7.63. The Hall–Kier alpha value is -3.96. The van der Waals surface area contributed by atoms with Gasteiger partial charge in [0, 0.05) is 24.0 Å². The van der Waals surface area contributed by atoms with Gasteiger partial charge >= 0.3 is 6.18 Å². The SMILES string of the molecule is COc1ccc(-n2ccc(CNC(=O)CCc3c(C)nc4nc(C(F)(F)F)nn4c3C)n2)cc1. The number of aryl methyl sites for hydroxylation is 2.